The Morgan fingerprint density at radius 2 is 1.56 bits per heavy atom. The molecule has 2 aliphatic heterocycles. The molecule has 2 aromatic rings. The van der Waals surface area contributed by atoms with Crippen LogP contribution in [0.25, 0.3) is 11.0 Å². The van der Waals surface area contributed by atoms with Crippen LogP contribution in [0.4, 0.5) is 0 Å². The zero-order valence-electron chi connectivity index (χ0n) is 22.3. The number of ether oxygens (including phenoxy) is 7. The van der Waals surface area contributed by atoms with E-state index >= 15 is 0 Å². The first-order valence-electron chi connectivity index (χ1n) is 13.5. The Hall–Kier alpha value is -2.51. The van der Waals surface area contributed by atoms with Crippen molar-refractivity contribution in [3.05, 3.63) is 47.9 Å². The van der Waals surface area contributed by atoms with Crippen molar-refractivity contribution >= 4 is 16.9 Å². The third-order valence-corrected chi connectivity index (χ3v) is 6.36. The van der Waals surface area contributed by atoms with Crippen LogP contribution in [-0.4, -0.2) is 115 Å². The fourth-order valence-electron chi connectivity index (χ4n) is 4.40. The number of allylic oxidation sites excluding steroid dienone is 1. The maximum Gasteiger partial charge on any atom is 0.288 e. The SMILES string of the molecule is O=C(C1=C[C@H](c2coc3ccccc23)C[C@H](OCCOCCO)O1)N1CCOCCOCCOCCOCC1. The van der Waals surface area contributed by atoms with Gasteiger partial charge >= 0.3 is 0 Å². The first-order valence-corrected chi connectivity index (χ1v) is 13.5. The first kappa shape index (κ1) is 29.5. The second-order valence-electron chi connectivity index (χ2n) is 9.06. The second kappa shape index (κ2) is 16.6. The van der Waals surface area contributed by atoms with Crippen molar-refractivity contribution in [2.75, 3.05) is 92.4 Å². The Labute approximate surface area is 228 Å². The maximum absolute atomic E-state index is 13.7. The van der Waals surface area contributed by atoms with Crippen molar-refractivity contribution in [1.82, 2.24) is 4.90 Å². The van der Waals surface area contributed by atoms with Crippen molar-refractivity contribution < 1.29 is 47.5 Å². The van der Waals surface area contributed by atoms with Gasteiger partial charge in [0.1, 0.15) is 5.58 Å². The highest BCUT2D eigenvalue weighted by atomic mass is 16.7. The van der Waals surface area contributed by atoms with E-state index in [2.05, 4.69) is 0 Å². The van der Waals surface area contributed by atoms with Crippen molar-refractivity contribution in [3.8, 4) is 0 Å². The number of furan rings is 1. The van der Waals surface area contributed by atoms with Gasteiger partial charge in [0.15, 0.2) is 5.76 Å². The lowest BCUT2D eigenvalue weighted by atomic mass is 9.92. The van der Waals surface area contributed by atoms with Gasteiger partial charge in [-0.2, -0.15) is 0 Å². The number of carbonyl (C=O) groups is 1. The van der Waals surface area contributed by atoms with E-state index in [1.54, 1.807) is 11.2 Å². The van der Waals surface area contributed by atoms with Crippen LogP contribution in [0, 0.1) is 0 Å². The summed E-state index contributed by atoms with van der Waals surface area (Å²) in [6.45, 7) is 5.01. The second-order valence-corrected chi connectivity index (χ2v) is 9.06. The highest BCUT2D eigenvalue weighted by Crippen LogP contribution is 2.36. The van der Waals surface area contributed by atoms with E-state index in [9.17, 15) is 4.79 Å². The zero-order chi connectivity index (χ0) is 27.1. The van der Waals surface area contributed by atoms with Crippen LogP contribution in [-0.2, 0) is 38.0 Å². The average molecular weight is 550 g/mol. The van der Waals surface area contributed by atoms with E-state index in [0.29, 0.717) is 79.0 Å². The van der Waals surface area contributed by atoms with Gasteiger partial charge < -0.3 is 47.6 Å². The van der Waals surface area contributed by atoms with Crippen molar-refractivity contribution in [1.29, 1.82) is 0 Å². The number of hydrogen-bond donors (Lipinski definition) is 1. The number of rotatable bonds is 8. The van der Waals surface area contributed by atoms with E-state index in [1.165, 1.54) is 0 Å². The molecule has 1 amide bonds. The molecule has 0 unspecified atom stereocenters. The van der Waals surface area contributed by atoms with Gasteiger partial charge in [0.2, 0.25) is 6.29 Å². The lowest BCUT2D eigenvalue weighted by Crippen LogP contribution is -2.40. The number of hydrogen-bond acceptors (Lipinski definition) is 10. The van der Waals surface area contributed by atoms with Gasteiger partial charge in [-0.05, 0) is 12.1 Å². The van der Waals surface area contributed by atoms with E-state index in [0.717, 1.165) is 16.5 Å². The molecule has 11 nitrogen and oxygen atoms in total. The summed E-state index contributed by atoms with van der Waals surface area (Å²) in [7, 11) is 0. The number of amides is 1. The molecule has 2 atom stereocenters. The number of fused-ring (bicyclic) bond motifs is 1. The van der Waals surface area contributed by atoms with Gasteiger partial charge in [0, 0.05) is 36.4 Å². The Morgan fingerprint density at radius 3 is 2.26 bits per heavy atom. The molecule has 39 heavy (non-hydrogen) atoms. The fourth-order valence-corrected chi connectivity index (χ4v) is 4.40. The Kier molecular flexibility index (Phi) is 12.5. The predicted octanol–water partition coefficient (Wildman–Crippen LogP) is 2.08. The molecule has 0 radical (unpaired) electrons. The molecule has 0 bridgehead atoms. The summed E-state index contributed by atoms with van der Waals surface area (Å²) in [4.78, 5) is 15.4. The Morgan fingerprint density at radius 1 is 0.897 bits per heavy atom. The van der Waals surface area contributed by atoms with Crippen molar-refractivity contribution in [2.45, 2.75) is 18.6 Å². The van der Waals surface area contributed by atoms with Crippen LogP contribution >= 0.6 is 0 Å². The van der Waals surface area contributed by atoms with Gasteiger partial charge in [-0.1, -0.05) is 18.2 Å². The van der Waals surface area contributed by atoms with Crippen LogP contribution in [0.3, 0.4) is 0 Å². The molecule has 1 N–H and O–H groups in total. The summed E-state index contributed by atoms with van der Waals surface area (Å²) in [5.41, 5.74) is 1.75. The molecule has 11 heteroatoms. The molecular weight excluding hydrogens is 510 g/mol. The largest absolute Gasteiger partial charge is 0.464 e. The Balaban J connectivity index is 1.48. The van der Waals surface area contributed by atoms with Crippen molar-refractivity contribution in [3.63, 3.8) is 0 Å². The van der Waals surface area contributed by atoms with E-state index in [4.69, 9.17) is 42.7 Å². The van der Waals surface area contributed by atoms with E-state index < -0.39 is 6.29 Å². The van der Waals surface area contributed by atoms with Crippen molar-refractivity contribution in [2.24, 2.45) is 0 Å². The minimum Gasteiger partial charge on any atom is -0.464 e. The first-order chi connectivity index (χ1) is 19.3. The molecule has 0 spiro atoms. The summed E-state index contributed by atoms with van der Waals surface area (Å²) >= 11 is 0. The molecule has 4 rings (SSSR count). The molecule has 1 aromatic heterocycles. The average Bonchev–Trinajstić information content (AvgIpc) is 3.39. The minimum absolute atomic E-state index is 0.0553. The van der Waals surface area contributed by atoms with Gasteiger partial charge in [0.25, 0.3) is 5.91 Å². The fraction of sp³-hybridized carbons (Fsp3) is 0.607. The molecular formula is C28H39NO10. The lowest BCUT2D eigenvalue weighted by Gasteiger charge is -2.31. The van der Waals surface area contributed by atoms with Crippen LogP contribution in [0.1, 0.15) is 17.9 Å². The maximum atomic E-state index is 13.7. The molecule has 0 aliphatic carbocycles. The van der Waals surface area contributed by atoms with E-state index in [-0.39, 0.29) is 37.4 Å². The predicted molar refractivity (Wildman–Crippen MR) is 140 cm³/mol. The minimum atomic E-state index is -0.657. The normalized spacial score (nSPS) is 22.5. The number of aliphatic hydroxyl groups is 1. The van der Waals surface area contributed by atoms with Crippen LogP contribution in [0.15, 0.2) is 46.8 Å². The molecule has 2 aliphatic rings. The highest BCUT2D eigenvalue weighted by Gasteiger charge is 2.32. The Bertz CT molecular complexity index is 1010. The summed E-state index contributed by atoms with van der Waals surface area (Å²) in [6.07, 6.45) is 3.43. The number of benzene rings is 1. The van der Waals surface area contributed by atoms with Gasteiger partial charge in [-0.25, -0.2) is 0 Å². The monoisotopic (exact) mass is 549 g/mol. The molecule has 0 saturated carbocycles. The summed E-state index contributed by atoms with van der Waals surface area (Å²) < 4.78 is 45.4. The summed E-state index contributed by atoms with van der Waals surface area (Å²) in [6, 6.07) is 7.80. The van der Waals surface area contributed by atoms with Crippen LogP contribution in [0.2, 0.25) is 0 Å². The summed E-state index contributed by atoms with van der Waals surface area (Å²) in [5.74, 6) is -0.209. The van der Waals surface area contributed by atoms with Crippen LogP contribution < -0.4 is 0 Å². The van der Waals surface area contributed by atoms with Gasteiger partial charge in [0.05, 0.1) is 85.5 Å². The number of para-hydroxylation sites is 1. The zero-order valence-corrected chi connectivity index (χ0v) is 22.3. The number of aliphatic hydroxyl groups excluding tert-OH is 1. The topological polar surface area (TPSA) is 118 Å². The van der Waals surface area contributed by atoms with E-state index in [1.807, 2.05) is 30.3 Å². The highest BCUT2D eigenvalue weighted by molar-refractivity contribution is 5.92. The quantitative estimate of drug-likeness (QED) is 0.491. The number of nitrogens with zero attached hydrogens (tertiary/aromatic N) is 1. The molecule has 3 heterocycles. The molecule has 1 saturated heterocycles. The van der Waals surface area contributed by atoms with Gasteiger partial charge in [-0.15, -0.1) is 0 Å². The third-order valence-electron chi connectivity index (χ3n) is 6.36. The summed E-state index contributed by atoms with van der Waals surface area (Å²) in [5, 5.41) is 9.90. The number of carbonyl (C=O) groups excluding carboxylic acids is 1. The smallest absolute Gasteiger partial charge is 0.288 e. The standard InChI is InChI=1S/C28H39NO10/c30-7-10-34-17-18-37-27-20-22(24-21-38-25-4-2-1-3-23(24)25)19-26(39-27)28(31)29-5-8-32-11-13-35-15-16-36-14-12-33-9-6-29/h1-4,19,21-22,27,30H,5-18,20H2/t22-,27+/m0/s1. The third kappa shape index (κ3) is 9.28. The van der Waals surface area contributed by atoms with Crippen LogP contribution in [0.5, 0.6) is 0 Å². The molecule has 1 fully saturated rings. The lowest BCUT2D eigenvalue weighted by molar-refractivity contribution is -0.157. The molecule has 1 aromatic carbocycles. The molecule has 216 valence electrons. The van der Waals surface area contributed by atoms with Gasteiger partial charge in [-0.3, -0.25) is 4.79 Å².